The molecular formula is C24H23ClN4O2. The van der Waals surface area contributed by atoms with Gasteiger partial charge in [-0.1, -0.05) is 48.0 Å². The molecule has 0 aliphatic heterocycles. The lowest BCUT2D eigenvalue weighted by Crippen LogP contribution is -2.36. The molecule has 1 N–H and O–H groups in total. The van der Waals surface area contributed by atoms with Crippen molar-refractivity contribution in [1.82, 2.24) is 19.7 Å². The highest BCUT2D eigenvalue weighted by atomic mass is 35.5. The van der Waals surface area contributed by atoms with Gasteiger partial charge in [-0.2, -0.15) is 5.10 Å². The van der Waals surface area contributed by atoms with E-state index in [9.17, 15) is 9.59 Å². The van der Waals surface area contributed by atoms with Crippen molar-refractivity contribution >= 4 is 28.5 Å². The SMILES string of the molecule is Cc1cc(=O)n(C(C)C(=O)NCc2ccccc2Cl)c2c1c(C)nn2-c1ccccc1. The molecule has 6 nitrogen and oxygen atoms in total. The predicted octanol–water partition coefficient (Wildman–Crippen LogP) is 4.33. The van der Waals surface area contributed by atoms with Crippen molar-refractivity contribution in [2.75, 3.05) is 0 Å². The van der Waals surface area contributed by atoms with Crippen LogP contribution in [-0.2, 0) is 11.3 Å². The maximum atomic E-state index is 13.0. The van der Waals surface area contributed by atoms with Crippen LogP contribution in [0.4, 0.5) is 0 Å². The van der Waals surface area contributed by atoms with Crippen molar-refractivity contribution in [1.29, 1.82) is 0 Å². The van der Waals surface area contributed by atoms with Crippen LogP contribution in [0.3, 0.4) is 0 Å². The first kappa shape index (κ1) is 20.9. The van der Waals surface area contributed by atoms with Gasteiger partial charge in [-0.25, -0.2) is 4.68 Å². The molecule has 0 saturated heterocycles. The number of rotatable bonds is 5. The van der Waals surface area contributed by atoms with Crippen LogP contribution in [-0.4, -0.2) is 20.3 Å². The largest absolute Gasteiger partial charge is 0.350 e. The number of hydrogen-bond acceptors (Lipinski definition) is 3. The molecule has 0 spiro atoms. The Labute approximate surface area is 185 Å². The molecule has 0 aliphatic carbocycles. The summed E-state index contributed by atoms with van der Waals surface area (Å²) in [5.74, 6) is -0.273. The fraction of sp³-hybridized carbons (Fsp3) is 0.208. The zero-order valence-corrected chi connectivity index (χ0v) is 18.3. The van der Waals surface area contributed by atoms with Crippen LogP contribution in [0.25, 0.3) is 16.7 Å². The molecular weight excluding hydrogens is 412 g/mol. The lowest BCUT2D eigenvalue weighted by Gasteiger charge is -2.19. The summed E-state index contributed by atoms with van der Waals surface area (Å²) < 4.78 is 3.24. The molecule has 1 unspecified atom stereocenters. The lowest BCUT2D eigenvalue weighted by molar-refractivity contribution is -0.124. The third-order valence-electron chi connectivity index (χ3n) is 5.41. The van der Waals surface area contributed by atoms with E-state index in [1.165, 1.54) is 4.57 Å². The number of para-hydroxylation sites is 1. The Morgan fingerprint density at radius 1 is 1.10 bits per heavy atom. The third-order valence-corrected chi connectivity index (χ3v) is 5.78. The van der Waals surface area contributed by atoms with Crippen LogP contribution in [0.2, 0.25) is 5.02 Å². The number of nitrogens with one attached hydrogen (secondary N) is 1. The van der Waals surface area contributed by atoms with E-state index in [1.54, 1.807) is 23.7 Å². The summed E-state index contributed by atoms with van der Waals surface area (Å²) in [6.45, 7) is 5.80. The molecule has 0 saturated carbocycles. The van der Waals surface area contributed by atoms with Crippen LogP contribution >= 0.6 is 11.6 Å². The second-order valence-corrected chi connectivity index (χ2v) is 7.96. The smallest absolute Gasteiger partial charge is 0.253 e. The topological polar surface area (TPSA) is 68.9 Å². The first-order valence-electron chi connectivity index (χ1n) is 10.1. The number of benzene rings is 2. The number of aromatic nitrogens is 3. The van der Waals surface area contributed by atoms with Crippen molar-refractivity contribution in [3.63, 3.8) is 0 Å². The molecule has 1 amide bonds. The Balaban J connectivity index is 1.78. The molecule has 0 bridgehead atoms. The number of fused-ring (bicyclic) bond motifs is 1. The summed E-state index contributed by atoms with van der Waals surface area (Å²) in [5, 5.41) is 9.03. The van der Waals surface area contributed by atoms with Crippen LogP contribution in [0.15, 0.2) is 65.5 Å². The van der Waals surface area contributed by atoms with E-state index in [4.69, 9.17) is 11.6 Å². The van der Waals surface area contributed by atoms with Crippen molar-refractivity contribution in [3.05, 3.63) is 92.9 Å². The molecule has 4 rings (SSSR count). The van der Waals surface area contributed by atoms with E-state index in [2.05, 4.69) is 10.4 Å². The number of amides is 1. The van der Waals surface area contributed by atoms with Gasteiger partial charge in [0.15, 0.2) is 0 Å². The summed E-state index contributed by atoms with van der Waals surface area (Å²) in [4.78, 5) is 26.1. The average molecular weight is 435 g/mol. The molecule has 2 aromatic heterocycles. The Morgan fingerprint density at radius 3 is 2.48 bits per heavy atom. The standard InChI is InChI=1S/C24H23ClN4O2/c1-15-13-21(30)28(17(3)23(31)26-14-18-9-7-8-12-20(18)25)24-22(15)16(2)27-29(24)19-10-5-4-6-11-19/h4-13,17H,14H2,1-3H3,(H,26,31). The molecule has 158 valence electrons. The number of nitrogens with zero attached hydrogens (tertiary/aromatic N) is 3. The summed E-state index contributed by atoms with van der Waals surface area (Å²) in [5.41, 5.74) is 3.63. The first-order chi connectivity index (χ1) is 14.9. The van der Waals surface area contributed by atoms with Gasteiger partial charge in [-0.05, 0) is 50.1 Å². The maximum absolute atomic E-state index is 13.0. The monoisotopic (exact) mass is 434 g/mol. The highest BCUT2D eigenvalue weighted by Crippen LogP contribution is 2.26. The van der Waals surface area contributed by atoms with Crippen molar-refractivity contribution < 1.29 is 4.79 Å². The van der Waals surface area contributed by atoms with E-state index < -0.39 is 6.04 Å². The molecule has 4 aromatic rings. The van der Waals surface area contributed by atoms with Crippen molar-refractivity contribution in [2.45, 2.75) is 33.4 Å². The zero-order valence-electron chi connectivity index (χ0n) is 17.6. The number of carbonyl (C=O) groups is 1. The van der Waals surface area contributed by atoms with E-state index in [-0.39, 0.29) is 18.0 Å². The van der Waals surface area contributed by atoms with Crippen LogP contribution in [0.5, 0.6) is 0 Å². The van der Waals surface area contributed by atoms with Crippen molar-refractivity contribution in [2.24, 2.45) is 0 Å². The highest BCUT2D eigenvalue weighted by molar-refractivity contribution is 6.31. The predicted molar refractivity (Wildman–Crippen MR) is 123 cm³/mol. The number of aryl methyl sites for hydroxylation is 2. The fourth-order valence-corrected chi connectivity index (χ4v) is 4.05. The van der Waals surface area contributed by atoms with E-state index in [0.717, 1.165) is 27.9 Å². The molecule has 0 aliphatic rings. The maximum Gasteiger partial charge on any atom is 0.253 e. The fourth-order valence-electron chi connectivity index (χ4n) is 3.84. The Morgan fingerprint density at radius 2 is 1.77 bits per heavy atom. The van der Waals surface area contributed by atoms with Crippen molar-refractivity contribution in [3.8, 4) is 5.69 Å². The Bertz CT molecular complexity index is 1320. The molecule has 0 radical (unpaired) electrons. The van der Waals surface area contributed by atoms with E-state index in [1.807, 2.05) is 62.4 Å². The summed E-state index contributed by atoms with van der Waals surface area (Å²) in [6, 6.07) is 17.8. The molecule has 1 atom stereocenters. The van der Waals surface area contributed by atoms with Gasteiger partial charge in [0.1, 0.15) is 11.7 Å². The first-order valence-corrected chi connectivity index (χ1v) is 10.4. The minimum Gasteiger partial charge on any atom is -0.350 e. The summed E-state index contributed by atoms with van der Waals surface area (Å²) in [7, 11) is 0. The van der Waals surface area contributed by atoms with Gasteiger partial charge in [-0.3, -0.25) is 14.2 Å². The Hall–Kier alpha value is -3.38. The molecule has 2 heterocycles. The average Bonchev–Trinajstić information content (AvgIpc) is 3.10. The van der Waals surface area contributed by atoms with Gasteiger partial charge in [0.25, 0.3) is 5.56 Å². The van der Waals surface area contributed by atoms with E-state index >= 15 is 0 Å². The normalized spacial score (nSPS) is 12.1. The molecule has 7 heteroatoms. The van der Waals surface area contributed by atoms with Gasteiger partial charge in [0.2, 0.25) is 5.91 Å². The summed E-state index contributed by atoms with van der Waals surface area (Å²) in [6.07, 6.45) is 0. The quantitative estimate of drug-likeness (QED) is 0.508. The Kier molecular flexibility index (Phi) is 5.65. The molecule has 0 fully saturated rings. The highest BCUT2D eigenvalue weighted by Gasteiger charge is 2.24. The van der Waals surface area contributed by atoms with Gasteiger partial charge in [-0.15, -0.1) is 0 Å². The minimum atomic E-state index is -0.739. The number of carbonyl (C=O) groups excluding carboxylic acids is 1. The number of pyridine rings is 1. The van der Waals surface area contributed by atoms with Gasteiger partial charge < -0.3 is 5.32 Å². The van der Waals surface area contributed by atoms with Gasteiger partial charge >= 0.3 is 0 Å². The van der Waals surface area contributed by atoms with E-state index in [0.29, 0.717) is 10.7 Å². The number of halogens is 1. The van der Waals surface area contributed by atoms with Crippen LogP contribution in [0.1, 0.15) is 29.8 Å². The second kappa shape index (κ2) is 8.40. The van der Waals surface area contributed by atoms with Crippen LogP contribution in [0, 0.1) is 13.8 Å². The second-order valence-electron chi connectivity index (χ2n) is 7.55. The van der Waals surface area contributed by atoms with Crippen LogP contribution < -0.4 is 10.9 Å². The minimum absolute atomic E-state index is 0.248. The third kappa shape index (κ3) is 3.86. The number of hydrogen-bond donors (Lipinski definition) is 1. The van der Waals surface area contributed by atoms with Gasteiger partial charge in [0.05, 0.1) is 11.4 Å². The molecule has 31 heavy (non-hydrogen) atoms. The summed E-state index contributed by atoms with van der Waals surface area (Å²) >= 11 is 6.20. The lowest BCUT2D eigenvalue weighted by atomic mass is 10.1. The zero-order chi connectivity index (χ0) is 22.1. The van der Waals surface area contributed by atoms with Gasteiger partial charge in [0, 0.05) is 23.0 Å². The molecule has 2 aromatic carbocycles.